The van der Waals surface area contributed by atoms with Crippen LogP contribution in [-0.2, 0) is 20.2 Å². The normalized spacial score (nSPS) is 11.6. The van der Waals surface area contributed by atoms with Crippen molar-refractivity contribution in [2.75, 3.05) is 35.5 Å². The lowest BCUT2D eigenvalue weighted by atomic mass is 10.1. The third kappa shape index (κ3) is 9.57. The lowest BCUT2D eigenvalue weighted by molar-refractivity contribution is 0.379. The summed E-state index contributed by atoms with van der Waals surface area (Å²) in [5, 5.41) is 11.8. The van der Waals surface area contributed by atoms with Crippen LogP contribution in [0, 0.1) is 0 Å². The molecule has 20 heteroatoms. The molecule has 0 bridgehead atoms. The summed E-state index contributed by atoms with van der Waals surface area (Å²) in [6.45, 7) is 0. The predicted octanol–water partition coefficient (Wildman–Crippen LogP) is 5.71. The molecule has 2 aromatic heterocycles. The van der Waals surface area contributed by atoms with Crippen molar-refractivity contribution in [3.05, 3.63) is 108 Å². The number of nitrogens with zero attached hydrogens (tertiary/aromatic N) is 6. The molecular formula is C34H30N10O8S2. The van der Waals surface area contributed by atoms with E-state index in [1.807, 2.05) is 36.4 Å². The fraction of sp³-hybridized carbons (Fsp3) is 0.0588. The number of methoxy groups -OCH3 is 2. The highest BCUT2D eigenvalue weighted by molar-refractivity contribution is 7.86. The Kier molecular flexibility index (Phi) is 10.9. The van der Waals surface area contributed by atoms with Gasteiger partial charge in [-0.05, 0) is 59.7 Å². The number of hydrogen-bond donors (Lipinski definition) is 6. The van der Waals surface area contributed by atoms with Crippen molar-refractivity contribution in [3.63, 3.8) is 0 Å². The number of ether oxygens (including phenoxy) is 2. The fourth-order valence-corrected chi connectivity index (χ4v) is 6.22. The topological polar surface area (TPSA) is 253 Å². The van der Waals surface area contributed by atoms with Crippen LogP contribution in [0.2, 0.25) is 0 Å². The molecule has 0 saturated carbocycles. The van der Waals surface area contributed by atoms with Gasteiger partial charge >= 0.3 is 12.0 Å². The van der Waals surface area contributed by atoms with E-state index in [0.717, 1.165) is 12.1 Å². The minimum absolute atomic E-state index is 0.00403. The Morgan fingerprint density at radius 3 is 1.13 bits per heavy atom. The molecule has 0 saturated heterocycles. The van der Waals surface area contributed by atoms with Crippen LogP contribution in [0.5, 0.6) is 12.0 Å². The summed E-state index contributed by atoms with van der Waals surface area (Å²) >= 11 is 0. The van der Waals surface area contributed by atoms with Gasteiger partial charge in [-0.25, -0.2) is 0 Å². The Morgan fingerprint density at radius 2 is 0.815 bits per heavy atom. The van der Waals surface area contributed by atoms with Crippen molar-refractivity contribution in [1.29, 1.82) is 0 Å². The van der Waals surface area contributed by atoms with Gasteiger partial charge in [0.15, 0.2) is 0 Å². The first kappa shape index (κ1) is 37.0. The van der Waals surface area contributed by atoms with Gasteiger partial charge < -0.3 is 30.7 Å². The van der Waals surface area contributed by atoms with Gasteiger partial charge in [0.1, 0.15) is 9.79 Å². The molecule has 0 radical (unpaired) electrons. The summed E-state index contributed by atoms with van der Waals surface area (Å²) in [7, 11) is -6.90. The monoisotopic (exact) mass is 770 g/mol. The zero-order chi connectivity index (χ0) is 38.3. The average molecular weight is 771 g/mol. The minimum atomic E-state index is -4.82. The zero-order valence-corrected chi connectivity index (χ0v) is 29.9. The maximum atomic E-state index is 12.5. The Labute approximate surface area is 308 Å². The van der Waals surface area contributed by atoms with Crippen LogP contribution in [0.25, 0.3) is 12.2 Å². The second-order valence-electron chi connectivity index (χ2n) is 11.0. The van der Waals surface area contributed by atoms with Crippen LogP contribution in [-0.4, -0.2) is 70.1 Å². The largest absolute Gasteiger partial charge is 0.467 e. The van der Waals surface area contributed by atoms with E-state index in [1.54, 1.807) is 24.3 Å². The number of hydrogen-bond acceptors (Lipinski definition) is 16. The van der Waals surface area contributed by atoms with E-state index < -0.39 is 30.0 Å². The predicted molar refractivity (Wildman–Crippen MR) is 200 cm³/mol. The number of nitrogens with one attached hydrogen (secondary N) is 4. The number of aromatic nitrogens is 6. The molecule has 0 unspecified atom stereocenters. The van der Waals surface area contributed by atoms with E-state index in [9.17, 15) is 25.9 Å². The van der Waals surface area contributed by atoms with Gasteiger partial charge in [-0.2, -0.15) is 46.7 Å². The van der Waals surface area contributed by atoms with Crippen molar-refractivity contribution in [1.82, 2.24) is 29.9 Å². The first-order valence-corrected chi connectivity index (χ1v) is 18.4. The molecule has 6 aromatic rings. The van der Waals surface area contributed by atoms with E-state index >= 15 is 0 Å². The van der Waals surface area contributed by atoms with E-state index in [1.165, 1.54) is 50.6 Å². The Morgan fingerprint density at radius 1 is 0.481 bits per heavy atom. The second-order valence-corrected chi connectivity index (χ2v) is 13.7. The molecule has 54 heavy (non-hydrogen) atoms. The highest BCUT2D eigenvalue weighted by atomic mass is 32.2. The van der Waals surface area contributed by atoms with Gasteiger partial charge in [0.2, 0.25) is 23.8 Å². The van der Waals surface area contributed by atoms with Crippen molar-refractivity contribution < 1.29 is 35.4 Å². The molecule has 6 N–H and O–H groups in total. The van der Waals surface area contributed by atoms with Gasteiger partial charge in [0.05, 0.1) is 14.2 Å². The standard InChI is InChI=1S/C34H30N10O8S2/c1-51-33-41-29(35-23-9-5-3-6-10-23)39-31(43-33)37-25-17-15-21(27(19-25)53(45,46)47)13-14-22-16-18-26(20-28(22)54(48,49)50)38-32-40-30(42-34(44-32)52-2)36-24-11-7-4-8-12-24/h3-20H,1-2H3,(H,45,46,47)(H,48,49,50)(H2,35,37,39,41,43)(H2,36,38,40,42,44)/b14-13-. The van der Waals surface area contributed by atoms with E-state index in [4.69, 9.17) is 9.47 Å². The van der Waals surface area contributed by atoms with E-state index in [-0.39, 0.29) is 58.3 Å². The highest BCUT2D eigenvalue weighted by Gasteiger charge is 2.19. The lowest BCUT2D eigenvalue weighted by Gasteiger charge is -2.12. The molecule has 0 aliphatic heterocycles. The van der Waals surface area contributed by atoms with Crippen molar-refractivity contribution in [2.45, 2.75) is 9.79 Å². The molecule has 18 nitrogen and oxygen atoms in total. The maximum absolute atomic E-state index is 12.5. The summed E-state index contributed by atoms with van der Waals surface area (Å²) in [5.74, 6) is 0.268. The number of anilines is 8. The summed E-state index contributed by atoms with van der Waals surface area (Å²) in [6, 6.07) is 26.1. The Bertz CT molecular complexity index is 2370. The number of para-hydroxylation sites is 2. The molecule has 2 heterocycles. The summed E-state index contributed by atoms with van der Waals surface area (Å²) in [6.07, 6.45) is 2.52. The smallest absolute Gasteiger partial charge is 0.322 e. The van der Waals surface area contributed by atoms with Crippen LogP contribution in [0.3, 0.4) is 0 Å². The molecule has 0 fully saturated rings. The molecule has 0 amide bonds. The van der Waals surface area contributed by atoms with E-state index in [2.05, 4.69) is 51.2 Å². The van der Waals surface area contributed by atoms with Crippen LogP contribution < -0.4 is 30.7 Å². The van der Waals surface area contributed by atoms with Crippen LogP contribution in [0.1, 0.15) is 11.1 Å². The summed E-state index contributed by atoms with van der Waals surface area (Å²) in [5.41, 5.74) is 1.70. The SMILES string of the molecule is COc1nc(Nc2ccccc2)nc(Nc2ccc(/C=C\c3ccc(Nc4nc(Nc5ccccc5)nc(OC)n4)cc3S(=O)(=O)O)c(S(=O)(=O)O)c2)n1. The fourth-order valence-electron chi connectivity index (χ4n) is 4.80. The minimum Gasteiger partial charge on any atom is -0.467 e. The van der Waals surface area contributed by atoms with Crippen molar-refractivity contribution >= 4 is 78.9 Å². The summed E-state index contributed by atoms with van der Waals surface area (Å²) < 4.78 is 80.6. The van der Waals surface area contributed by atoms with Crippen LogP contribution >= 0.6 is 0 Å². The highest BCUT2D eigenvalue weighted by Crippen LogP contribution is 2.29. The quantitative estimate of drug-likeness (QED) is 0.0573. The van der Waals surface area contributed by atoms with Gasteiger partial charge in [-0.1, -0.05) is 60.7 Å². The Balaban J connectivity index is 1.26. The summed E-state index contributed by atoms with van der Waals surface area (Å²) in [4.78, 5) is 24.2. The second kappa shape index (κ2) is 15.9. The zero-order valence-electron chi connectivity index (χ0n) is 28.2. The molecule has 0 aliphatic carbocycles. The first-order valence-electron chi connectivity index (χ1n) is 15.6. The number of benzene rings is 4. The van der Waals surface area contributed by atoms with Gasteiger partial charge in [-0.3, -0.25) is 9.11 Å². The molecule has 4 aromatic carbocycles. The maximum Gasteiger partial charge on any atom is 0.322 e. The molecular weight excluding hydrogens is 741 g/mol. The van der Waals surface area contributed by atoms with E-state index in [0.29, 0.717) is 11.4 Å². The molecule has 276 valence electrons. The number of rotatable bonds is 14. The van der Waals surface area contributed by atoms with Gasteiger partial charge in [0.25, 0.3) is 20.2 Å². The molecule has 0 atom stereocenters. The average Bonchev–Trinajstić information content (AvgIpc) is 3.14. The van der Waals surface area contributed by atoms with Crippen molar-refractivity contribution in [2.24, 2.45) is 0 Å². The molecule has 0 aliphatic rings. The molecule has 0 spiro atoms. The van der Waals surface area contributed by atoms with Crippen LogP contribution in [0.15, 0.2) is 107 Å². The van der Waals surface area contributed by atoms with Gasteiger partial charge in [-0.15, -0.1) is 0 Å². The Hall–Kier alpha value is -6.74. The lowest BCUT2D eigenvalue weighted by Crippen LogP contribution is -2.07. The third-order valence-electron chi connectivity index (χ3n) is 7.19. The molecule has 6 rings (SSSR count). The van der Waals surface area contributed by atoms with Crippen molar-refractivity contribution in [3.8, 4) is 12.0 Å². The first-order chi connectivity index (χ1) is 25.9. The third-order valence-corrected chi connectivity index (χ3v) is 9.01. The van der Waals surface area contributed by atoms with Gasteiger partial charge in [0, 0.05) is 22.7 Å². The van der Waals surface area contributed by atoms with Crippen LogP contribution in [0.4, 0.5) is 46.5 Å².